The smallest absolute Gasteiger partial charge is 0.408 e. The van der Waals surface area contributed by atoms with Crippen LogP contribution in [0, 0.1) is 10.1 Å². The molecule has 0 aliphatic rings. The van der Waals surface area contributed by atoms with Crippen molar-refractivity contribution in [1.82, 2.24) is 15.3 Å². The molecule has 0 aliphatic heterocycles. The average molecular weight is 404 g/mol. The van der Waals surface area contributed by atoms with Gasteiger partial charge in [0.1, 0.15) is 11.3 Å². The molecule has 4 N–H and O–H groups in total. The van der Waals surface area contributed by atoms with Crippen molar-refractivity contribution in [3.05, 3.63) is 26.7 Å². The van der Waals surface area contributed by atoms with E-state index in [9.17, 15) is 24.8 Å². The number of nitro groups is 1. The number of anilines is 1. The van der Waals surface area contributed by atoms with E-state index in [1.54, 1.807) is 0 Å². The number of aliphatic hydroxyl groups is 2. The summed E-state index contributed by atoms with van der Waals surface area (Å²) in [6.45, 7) is 1.92. The number of aliphatic hydroxyl groups excluding tert-OH is 2. The number of hydrogen-bond acceptors (Lipinski definition) is 10. The number of ether oxygens (including phenoxy) is 1. The van der Waals surface area contributed by atoms with E-state index in [2.05, 4.69) is 25.3 Å². The standard InChI is InChI=1S/C14H18ClN5O7/c1-6(16-4-8(23)5-21)9(14(24)27-3)10-11(15)19-13(20(25)26)12(18-10)17-7(2)22/h8,16,21,23H,4-5H2,1-3H3,(H,17,18,22). The fourth-order valence-electron chi connectivity index (χ4n) is 1.90. The van der Waals surface area contributed by atoms with Gasteiger partial charge in [0, 0.05) is 19.2 Å². The van der Waals surface area contributed by atoms with Crippen LogP contribution >= 0.6 is 11.6 Å². The third-order valence-electron chi connectivity index (χ3n) is 3.12. The van der Waals surface area contributed by atoms with Crippen molar-refractivity contribution in [3.63, 3.8) is 0 Å². The number of allylic oxidation sites excluding steroid dienone is 1. The molecule has 0 aliphatic carbocycles. The maximum absolute atomic E-state index is 12.2. The fourth-order valence-corrected chi connectivity index (χ4v) is 2.11. The highest BCUT2D eigenvalue weighted by Gasteiger charge is 2.29. The number of carbonyl (C=O) groups excluding carboxylic acids is 2. The molecule has 12 nitrogen and oxygen atoms in total. The second-order valence-electron chi connectivity index (χ2n) is 5.18. The van der Waals surface area contributed by atoms with Crippen LogP contribution in [-0.4, -0.2) is 63.3 Å². The molecule has 1 atom stereocenters. The molecule has 0 saturated heterocycles. The van der Waals surface area contributed by atoms with E-state index in [1.165, 1.54) is 6.92 Å². The molecule has 148 valence electrons. The van der Waals surface area contributed by atoms with Gasteiger partial charge >= 0.3 is 11.8 Å². The second-order valence-corrected chi connectivity index (χ2v) is 5.54. The van der Waals surface area contributed by atoms with Crippen molar-refractivity contribution in [3.8, 4) is 0 Å². The molecule has 1 unspecified atom stereocenters. The van der Waals surface area contributed by atoms with Gasteiger partial charge in [0.05, 0.1) is 19.8 Å². The topological polar surface area (TPSA) is 177 Å². The van der Waals surface area contributed by atoms with Gasteiger partial charge in [0.2, 0.25) is 11.7 Å². The van der Waals surface area contributed by atoms with Crippen LogP contribution in [0.1, 0.15) is 19.5 Å². The number of esters is 1. The molecule has 13 heteroatoms. The Kier molecular flexibility index (Phi) is 8.02. The highest BCUT2D eigenvalue weighted by Crippen LogP contribution is 2.30. The minimum Gasteiger partial charge on any atom is -0.465 e. The number of carbonyl (C=O) groups is 2. The third kappa shape index (κ3) is 5.84. The number of methoxy groups -OCH3 is 1. The summed E-state index contributed by atoms with van der Waals surface area (Å²) < 4.78 is 4.68. The number of aromatic nitrogens is 2. The fraction of sp³-hybridized carbons (Fsp3) is 0.429. The van der Waals surface area contributed by atoms with Crippen LogP contribution in [0.25, 0.3) is 5.57 Å². The molecule has 1 aromatic rings. The molecule has 0 spiro atoms. The number of nitrogens with zero attached hydrogens (tertiary/aromatic N) is 3. The largest absolute Gasteiger partial charge is 0.465 e. The number of hydrogen-bond donors (Lipinski definition) is 4. The van der Waals surface area contributed by atoms with Gasteiger partial charge in [-0.1, -0.05) is 0 Å². The summed E-state index contributed by atoms with van der Waals surface area (Å²) >= 11 is 5.96. The van der Waals surface area contributed by atoms with Crippen molar-refractivity contribution >= 4 is 40.7 Å². The Morgan fingerprint density at radius 2 is 2.00 bits per heavy atom. The summed E-state index contributed by atoms with van der Waals surface area (Å²) in [4.78, 5) is 41.2. The number of rotatable bonds is 8. The van der Waals surface area contributed by atoms with Gasteiger partial charge in [-0.3, -0.25) is 4.79 Å². The zero-order chi connectivity index (χ0) is 20.7. The molecular formula is C14H18ClN5O7. The van der Waals surface area contributed by atoms with E-state index in [1.807, 2.05) is 0 Å². The molecule has 1 heterocycles. The molecule has 0 fully saturated rings. The minimum absolute atomic E-state index is 0.112. The lowest BCUT2D eigenvalue weighted by molar-refractivity contribution is -0.388. The van der Waals surface area contributed by atoms with Crippen LogP contribution in [0.2, 0.25) is 5.15 Å². The van der Waals surface area contributed by atoms with Crippen molar-refractivity contribution in [2.75, 3.05) is 25.6 Å². The SMILES string of the molecule is COC(=O)C(=C(C)NCC(O)CO)c1nc(NC(C)=O)c([N+](=O)[O-])nc1Cl. The summed E-state index contributed by atoms with van der Waals surface area (Å²) in [6, 6.07) is 0. The van der Waals surface area contributed by atoms with Crippen LogP contribution in [0.4, 0.5) is 11.6 Å². The zero-order valence-corrected chi connectivity index (χ0v) is 15.4. The Morgan fingerprint density at radius 1 is 1.37 bits per heavy atom. The van der Waals surface area contributed by atoms with Crippen LogP contribution in [-0.2, 0) is 14.3 Å². The first-order valence-electron chi connectivity index (χ1n) is 7.44. The summed E-state index contributed by atoms with van der Waals surface area (Å²) in [7, 11) is 1.10. The molecule has 0 saturated carbocycles. The Morgan fingerprint density at radius 3 is 2.48 bits per heavy atom. The predicted octanol–water partition coefficient (Wildman–Crippen LogP) is -0.157. The Balaban J connectivity index is 3.55. The van der Waals surface area contributed by atoms with Gasteiger partial charge in [0.15, 0.2) is 0 Å². The maximum Gasteiger partial charge on any atom is 0.408 e. The lowest BCUT2D eigenvalue weighted by atomic mass is 10.1. The summed E-state index contributed by atoms with van der Waals surface area (Å²) in [5.41, 5.74) is -0.351. The molecular weight excluding hydrogens is 386 g/mol. The maximum atomic E-state index is 12.2. The third-order valence-corrected chi connectivity index (χ3v) is 3.38. The van der Waals surface area contributed by atoms with Gasteiger partial charge < -0.3 is 35.7 Å². The van der Waals surface area contributed by atoms with Crippen molar-refractivity contribution in [2.45, 2.75) is 20.0 Å². The van der Waals surface area contributed by atoms with Crippen molar-refractivity contribution in [1.29, 1.82) is 0 Å². The second kappa shape index (κ2) is 9.75. The first-order chi connectivity index (χ1) is 12.6. The summed E-state index contributed by atoms with van der Waals surface area (Å²) in [6.07, 6.45) is -1.10. The first-order valence-corrected chi connectivity index (χ1v) is 7.82. The Hall–Kier alpha value is -2.83. The van der Waals surface area contributed by atoms with E-state index in [-0.39, 0.29) is 23.5 Å². The highest BCUT2D eigenvalue weighted by molar-refractivity contribution is 6.33. The van der Waals surface area contributed by atoms with E-state index < -0.39 is 46.3 Å². The number of halogens is 1. The zero-order valence-electron chi connectivity index (χ0n) is 14.6. The normalized spacial score (nSPS) is 12.7. The number of amides is 1. The Labute approximate surface area is 158 Å². The molecule has 0 bridgehead atoms. The highest BCUT2D eigenvalue weighted by atomic mass is 35.5. The van der Waals surface area contributed by atoms with E-state index in [0.717, 1.165) is 14.0 Å². The molecule has 0 radical (unpaired) electrons. The van der Waals surface area contributed by atoms with Crippen LogP contribution in [0.5, 0.6) is 0 Å². The lowest BCUT2D eigenvalue weighted by Crippen LogP contribution is -2.29. The van der Waals surface area contributed by atoms with E-state index in [4.69, 9.17) is 16.7 Å². The van der Waals surface area contributed by atoms with Crippen molar-refractivity contribution in [2.24, 2.45) is 0 Å². The number of nitrogens with one attached hydrogen (secondary N) is 2. The monoisotopic (exact) mass is 403 g/mol. The quantitative estimate of drug-likeness (QED) is 0.197. The average Bonchev–Trinajstić information content (AvgIpc) is 2.60. The minimum atomic E-state index is -1.10. The van der Waals surface area contributed by atoms with Crippen LogP contribution in [0.3, 0.4) is 0 Å². The Bertz CT molecular complexity index is 783. The molecule has 1 amide bonds. The van der Waals surface area contributed by atoms with Gasteiger partial charge in [-0.25, -0.2) is 9.78 Å². The van der Waals surface area contributed by atoms with Gasteiger partial charge in [-0.05, 0) is 28.4 Å². The van der Waals surface area contributed by atoms with Crippen molar-refractivity contribution < 1.29 is 29.5 Å². The molecule has 1 aromatic heterocycles. The van der Waals surface area contributed by atoms with Crippen LogP contribution in [0.15, 0.2) is 5.70 Å². The lowest BCUT2D eigenvalue weighted by Gasteiger charge is -2.15. The van der Waals surface area contributed by atoms with Gasteiger partial charge in [-0.15, -0.1) is 0 Å². The van der Waals surface area contributed by atoms with E-state index >= 15 is 0 Å². The predicted molar refractivity (Wildman–Crippen MR) is 93.7 cm³/mol. The molecule has 0 aromatic carbocycles. The summed E-state index contributed by atoms with van der Waals surface area (Å²) in [5.74, 6) is -2.84. The molecule has 1 rings (SSSR count). The molecule has 27 heavy (non-hydrogen) atoms. The van der Waals surface area contributed by atoms with Gasteiger partial charge in [-0.2, -0.15) is 0 Å². The van der Waals surface area contributed by atoms with Gasteiger partial charge in [0.25, 0.3) is 5.15 Å². The van der Waals surface area contributed by atoms with Crippen LogP contribution < -0.4 is 10.6 Å². The van der Waals surface area contributed by atoms with E-state index in [0.29, 0.717) is 0 Å². The summed E-state index contributed by atoms with van der Waals surface area (Å²) in [5, 5.41) is 33.8. The first kappa shape index (κ1) is 22.2.